The molecule has 0 aliphatic carbocycles. The van der Waals surface area contributed by atoms with Crippen LogP contribution < -0.4 is 14.2 Å². The van der Waals surface area contributed by atoms with Gasteiger partial charge in [0.15, 0.2) is 11.5 Å². The molecule has 0 N–H and O–H groups in total. The Labute approximate surface area is 123 Å². The number of ether oxygens (including phenoxy) is 3. The number of hydrogen-bond donors (Lipinski definition) is 0. The van der Waals surface area contributed by atoms with E-state index in [-0.39, 0.29) is 0 Å². The van der Waals surface area contributed by atoms with Crippen LogP contribution in [0.3, 0.4) is 0 Å². The normalized spacial score (nSPS) is 10.2. The molecule has 0 fully saturated rings. The lowest BCUT2D eigenvalue weighted by atomic mass is 10.1. The maximum atomic E-state index is 5.79. The topological polar surface area (TPSA) is 40.6 Å². The number of hydrogen-bond acceptors (Lipinski definition) is 4. The molecule has 1 aromatic carbocycles. The first-order valence-corrected chi connectivity index (χ1v) is 6.57. The Morgan fingerprint density at radius 1 is 1.05 bits per heavy atom. The van der Waals surface area contributed by atoms with E-state index in [0.717, 1.165) is 12.0 Å². The van der Waals surface area contributed by atoms with Crippen molar-refractivity contribution in [2.24, 2.45) is 0 Å². The van der Waals surface area contributed by atoms with Crippen molar-refractivity contribution in [2.75, 3.05) is 20.8 Å². The number of pyridine rings is 1. The van der Waals surface area contributed by atoms with Crippen LogP contribution in [0.4, 0.5) is 0 Å². The van der Waals surface area contributed by atoms with Crippen LogP contribution in [-0.4, -0.2) is 25.8 Å². The van der Waals surface area contributed by atoms with Crippen LogP contribution in [0.15, 0.2) is 36.4 Å². The molecule has 0 saturated heterocycles. The first-order valence-electron chi connectivity index (χ1n) is 6.19. The van der Waals surface area contributed by atoms with E-state index in [1.54, 1.807) is 32.4 Å². The fraction of sp³-hybridized carbons (Fsp3) is 0.267. The highest BCUT2D eigenvalue weighted by atomic mass is 35.5. The molecule has 1 heterocycles. The van der Waals surface area contributed by atoms with Gasteiger partial charge in [-0.3, -0.25) is 0 Å². The van der Waals surface area contributed by atoms with Crippen LogP contribution in [-0.2, 0) is 6.42 Å². The molecular formula is C15H16ClNO3. The van der Waals surface area contributed by atoms with E-state index < -0.39 is 0 Å². The molecule has 0 aliphatic rings. The van der Waals surface area contributed by atoms with Gasteiger partial charge in [-0.15, -0.1) is 0 Å². The molecule has 0 aliphatic heterocycles. The van der Waals surface area contributed by atoms with E-state index in [2.05, 4.69) is 4.98 Å². The number of methoxy groups -OCH3 is 2. The molecule has 106 valence electrons. The van der Waals surface area contributed by atoms with Gasteiger partial charge in [0.25, 0.3) is 0 Å². The summed E-state index contributed by atoms with van der Waals surface area (Å²) in [6.07, 6.45) is 0.745. The van der Waals surface area contributed by atoms with Crippen molar-refractivity contribution in [3.05, 3.63) is 47.1 Å². The quantitative estimate of drug-likeness (QED) is 0.766. The summed E-state index contributed by atoms with van der Waals surface area (Å²) in [5.74, 6) is 1.96. The molecule has 2 rings (SSSR count). The lowest BCUT2D eigenvalue weighted by molar-refractivity contribution is 0.309. The van der Waals surface area contributed by atoms with E-state index in [9.17, 15) is 0 Å². The summed E-state index contributed by atoms with van der Waals surface area (Å²) in [7, 11) is 3.24. The van der Waals surface area contributed by atoms with Crippen molar-refractivity contribution in [3.8, 4) is 17.4 Å². The van der Waals surface area contributed by atoms with Gasteiger partial charge in [-0.05, 0) is 23.8 Å². The van der Waals surface area contributed by atoms with Crippen molar-refractivity contribution in [2.45, 2.75) is 6.42 Å². The molecule has 0 atom stereocenters. The third-order valence-electron chi connectivity index (χ3n) is 2.78. The second-order valence-electron chi connectivity index (χ2n) is 4.09. The lowest BCUT2D eigenvalue weighted by Crippen LogP contribution is -2.03. The second kappa shape index (κ2) is 7.01. The smallest absolute Gasteiger partial charge is 0.214 e. The monoisotopic (exact) mass is 293 g/mol. The summed E-state index contributed by atoms with van der Waals surface area (Å²) in [4.78, 5) is 4.06. The summed E-state index contributed by atoms with van der Waals surface area (Å²) < 4.78 is 16.0. The van der Waals surface area contributed by atoms with Crippen LogP contribution in [0.2, 0.25) is 5.15 Å². The Morgan fingerprint density at radius 3 is 2.55 bits per heavy atom. The highest BCUT2D eigenvalue weighted by molar-refractivity contribution is 6.29. The largest absolute Gasteiger partial charge is 0.493 e. The summed E-state index contributed by atoms with van der Waals surface area (Å²) in [5, 5.41) is 0.425. The van der Waals surface area contributed by atoms with Gasteiger partial charge in [0.1, 0.15) is 5.15 Å². The standard InChI is InChI=1S/C15H16ClNO3/c1-18-12-7-6-11(10-13(12)19-2)8-9-20-15-5-3-4-14(16)17-15/h3-7,10H,8-9H2,1-2H3. The van der Waals surface area contributed by atoms with Gasteiger partial charge in [0.2, 0.25) is 5.88 Å². The van der Waals surface area contributed by atoms with Gasteiger partial charge >= 0.3 is 0 Å². The molecular weight excluding hydrogens is 278 g/mol. The van der Waals surface area contributed by atoms with E-state index in [1.165, 1.54) is 0 Å². The Kier molecular flexibility index (Phi) is 5.07. The highest BCUT2D eigenvalue weighted by Crippen LogP contribution is 2.27. The van der Waals surface area contributed by atoms with E-state index in [4.69, 9.17) is 25.8 Å². The van der Waals surface area contributed by atoms with E-state index in [1.807, 2.05) is 18.2 Å². The molecule has 5 heteroatoms. The zero-order valence-corrected chi connectivity index (χ0v) is 12.2. The Morgan fingerprint density at radius 2 is 1.85 bits per heavy atom. The van der Waals surface area contributed by atoms with Gasteiger partial charge in [0.05, 0.1) is 20.8 Å². The first kappa shape index (κ1) is 14.5. The van der Waals surface area contributed by atoms with Gasteiger partial charge in [-0.2, -0.15) is 0 Å². The SMILES string of the molecule is COc1ccc(CCOc2cccc(Cl)n2)cc1OC. The minimum absolute atomic E-state index is 0.425. The van der Waals surface area contributed by atoms with Crippen molar-refractivity contribution in [1.82, 2.24) is 4.98 Å². The highest BCUT2D eigenvalue weighted by Gasteiger charge is 2.05. The number of nitrogens with zero attached hydrogens (tertiary/aromatic N) is 1. The third kappa shape index (κ3) is 3.78. The number of benzene rings is 1. The first-order chi connectivity index (χ1) is 9.72. The average molecular weight is 294 g/mol. The molecule has 2 aromatic rings. The molecule has 0 saturated carbocycles. The van der Waals surface area contributed by atoms with Gasteiger partial charge < -0.3 is 14.2 Å². The fourth-order valence-electron chi connectivity index (χ4n) is 1.78. The molecule has 1 aromatic heterocycles. The lowest BCUT2D eigenvalue weighted by Gasteiger charge is -2.10. The molecule has 0 bridgehead atoms. The van der Waals surface area contributed by atoms with E-state index >= 15 is 0 Å². The van der Waals surface area contributed by atoms with Gasteiger partial charge in [0, 0.05) is 12.5 Å². The van der Waals surface area contributed by atoms with Crippen LogP contribution in [0.1, 0.15) is 5.56 Å². The zero-order valence-electron chi connectivity index (χ0n) is 11.4. The van der Waals surface area contributed by atoms with Crippen LogP contribution in [0.25, 0.3) is 0 Å². The summed E-state index contributed by atoms with van der Waals surface area (Å²) in [5.41, 5.74) is 1.10. The van der Waals surface area contributed by atoms with Gasteiger partial charge in [-0.1, -0.05) is 23.7 Å². The van der Waals surface area contributed by atoms with Crippen LogP contribution in [0.5, 0.6) is 17.4 Å². The Balaban J connectivity index is 1.94. The van der Waals surface area contributed by atoms with Crippen molar-refractivity contribution >= 4 is 11.6 Å². The Bertz CT molecular complexity index is 575. The maximum Gasteiger partial charge on any atom is 0.214 e. The Hall–Kier alpha value is -1.94. The predicted octanol–water partition coefficient (Wildman–Crippen LogP) is 3.37. The fourth-order valence-corrected chi connectivity index (χ4v) is 1.94. The number of aromatic nitrogens is 1. The average Bonchev–Trinajstić information content (AvgIpc) is 2.47. The summed E-state index contributed by atoms with van der Waals surface area (Å²) in [6.45, 7) is 0.517. The zero-order chi connectivity index (χ0) is 14.4. The van der Waals surface area contributed by atoms with Crippen molar-refractivity contribution in [1.29, 1.82) is 0 Å². The third-order valence-corrected chi connectivity index (χ3v) is 2.99. The van der Waals surface area contributed by atoms with Crippen LogP contribution >= 0.6 is 11.6 Å². The molecule has 0 unspecified atom stereocenters. The van der Waals surface area contributed by atoms with E-state index in [0.29, 0.717) is 29.1 Å². The predicted molar refractivity (Wildman–Crippen MR) is 78.0 cm³/mol. The number of rotatable bonds is 6. The molecule has 0 spiro atoms. The minimum Gasteiger partial charge on any atom is -0.493 e. The molecule has 0 amide bonds. The van der Waals surface area contributed by atoms with Gasteiger partial charge in [-0.25, -0.2) is 4.98 Å². The number of halogens is 1. The summed E-state index contributed by atoms with van der Waals surface area (Å²) in [6, 6.07) is 11.1. The second-order valence-corrected chi connectivity index (χ2v) is 4.47. The molecule has 4 nitrogen and oxygen atoms in total. The van der Waals surface area contributed by atoms with Crippen LogP contribution in [0, 0.1) is 0 Å². The van der Waals surface area contributed by atoms with Crippen molar-refractivity contribution < 1.29 is 14.2 Å². The minimum atomic E-state index is 0.425. The molecule has 20 heavy (non-hydrogen) atoms. The van der Waals surface area contributed by atoms with Crippen molar-refractivity contribution in [3.63, 3.8) is 0 Å². The molecule has 0 radical (unpaired) electrons. The summed E-state index contributed by atoms with van der Waals surface area (Å²) >= 11 is 5.79. The maximum absolute atomic E-state index is 5.79.